The van der Waals surface area contributed by atoms with E-state index in [1.54, 1.807) is 32.5 Å². The van der Waals surface area contributed by atoms with Crippen molar-refractivity contribution in [2.24, 2.45) is 22.5 Å². The zero-order chi connectivity index (χ0) is 53.2. The minimum absolute atomic E-state index is 0.0220. The molecular weight excluding hydrogens is 1020 g/mol. The van der Waals surface area contributed by atoms with E-state index >= 15 is 0 Å². The highest BCUT2D eigenvalue weighted by Crippen LogP contribution is 2.41. The third-order valence-electron chi connectivity index (χ3n) is 15.6. The third-order valence-corrected chi connectivity index (χ3v) is 18.1. The Balaban J connectivity index is 0.738. The predicted molar refractivity (Wildman–Crippen MR) is 290 cm³/mol. The van der Waals surface area contributed by atoms with E-state index in [1.807, 2.05) is 54.4 Å². The number of carbonyl (C=O) groups excluding carboxylic acids is 4. The van der Waals surface area contributed by atoms with Crippen molar-refractivity contribution in [1.29, 1.82) is 0 Å². The number of likely N-dealkylation sites (tertiary alicyclic amines) is 3. The number of amides is 4. The first-order valence-electron chi connectivity index (χ1n) is 26.2. The van der Waals surface area contributed by atoms with Gasteiger partial charge in [-0.05, 0) is 99.7 Å². The Morgan fingerprint density at radius 3 is 2.41 bits per heavy atom. The number of carbonyl (C=O) groups is 4. The van der Waals surface area contributed by atoms with E-state index in [4.69, 9.17) is 32.0 Å². The largest absolute Gasteiger partial charge is 0.492 e. The lowest BCUT2D eigenvalue weighted by Gasteiger charge is -2.43. The van der Waals surface area contributed by atoms with Gasteiger partial charge in [0.2, 0.25) is 17.7 Å². The number of thiazole rings is 1. The molecule has 2 aromatic carbocycles. The summed E-state index contributed by atoms with van der Waals surface area (Å²) < 4.78 is 21.2. The van der Waals surface area contributed by atoms with Crippen LogP contribution in [0.2, 0.25) is 5.02 Å². The topological polar surface area (TPSA) is 211 Å². The van der Waals surface area contributed by atoms with Crippen LogP contribution in [0.5, 0.6) is 5.75 Å². The Kier molecular flexibility index (Phi) is 16.6. The van der Waals surface area contributed by atoms with Crippen molar-refractivity contribution in [3.63, 3.8) is 0 Å². The average Bonchev–Trinajstić information content (AvgIpc) is 3.79. The molecule has 3 atom stereocenters. The molecule has 0 spiro atoms. The minimum Gasteiger partial charge on any atom is -0.492 e. The van der Waals surface area contributed by atoms with Crippen LogP contribution in [0.25, 0.3) is 10.4 Å². The Labute approximate surface area is 452 Å². The molecule has 6 heterocycles. The number of benzene rings is 2. The monoisotopic (exact) mass is 1090 g/mol. The van der Waals surface area contributed by atoms with Gasteiger partial charge in [-0.3, -0.25) is 24.1 Å². The van der Waals surface area contributed by atoms with Gasteiger partial charge < -0.3 is 46.2 Å². The van der Waals surface area contributed by atoms with Gasteiger partial charge in [0.1, 0.15) is 35.3 Å². The van der Waals surface area contributed by atoms with Gasteiger partial charge in [-0.1, -0.05) is 69.3 Å². The van der Waals surface area contributed by atoms with Gasteiger partial charge in [0.05, 0.1) is 51.3 Å². The lowest BCUT2D eigenvalue weighted by Crippen LogP contribution is -2.59. The number of piperidine rings is 2. The normalized spacial score (nSPS) is 21.3. The van der Waals surface area contributed by atoms with Crippen molar-refractivity contribution in [1.82, 2.24) is 40.3 Å². The molecule has 0 unspecified atom stereocenters. The number of β-amino-alcohol motifs (C(OH)–C–C–N with tert-alkyl or cyclic N) is 1. The maximum atomic E-state index is 14.7. The van der Waals surface area contributed by atoms with Crippen LogP contribution < -0.4 is 31.3 Å². The molecule has 6 N–H and O–H groups in total. The van der Waals surface area contributed by atoms with Gasteiger partial charge in [-0.15, -0.1) is 11.3 Å². The van der Waals surface area contributed by atoms with Crippen LogP contribution >= 0.6 is 34.7 Å². The number of aryl methyl sites for hydroxylation is 1. The summed E-state index contributed by atoms with van der Waals surface area (Å²) >= 11 is 9.94. The number of aromatic nitrogens is 3. The van der Waals surface area contributed by atoms with E-state index in [1.165, 1.54) is 28.0 Å². The summed E-state index contributed by atoms with van der Waals surface area (Å²) in [6.07, 6.45) is 6.49. The summed E-state index contributed by atoms with van der Waals surface area (Å²) in [6, 6.07) is 9.74. The number of hydrogen-bond donors (Lipinski definition) is 5. The van der Waals surface area contributed by atoms with Crippen molar-refractivity contribution in [3.05, 3.63) is 70.6 Å². The predicted octanol–water partition coefficient (Wildman–Crippen LogP) is 6.30. The molecule has 0 radical (unpaired) electrons. The minimum atomic E-state index is -1.98. The van der Waals surface area contributed by atoms with E-state index in [0.29, 0.717) is 43.6 Å². The summed E-state index contributed by atoms with van der Waals surface area (Å²) in [5, 5.41) is 21.2. The number of nitrogens with zero attached hydrogens (tertiary/aromatic N) is 7. The van der Waals surface area contributed by atoms with Crippen LogP contribution in [0, 0.1) is 23.7 Å². The molecule has 5 aliphatic rings. The molecule has 1 saturated carbocycles. The maximum Gasteiger partial charge on any atom is 0.258 e. The van der Waals surface area contributed by atoms with E-state index in [2.05, 4.69) is 37.7 Å². The Bertz CT molecular complexity index is 2700. The first kappa shape index (κ1) is 54.7. The molecule has 1 aliphatic carbocycles. The first-order chi connectivity index (χ1) is 35.8. The number of ether oxygens (including phenoxy) is 1. The smallest absolute Gasteiger partial charge is 0.258 e. The lowest BCUT2D eigenvalue weighted by atomic mass is 9.80. The molecule has 4 amide bonds. The standard InChI is InChI=1S/C54H71ClFN11O6S2/c1-33-46(74-32-61-33)35-9-10-36(25-60-48(69)40-24-38(68)30-67(40)50(71)47(52(2,3)4)63-51(72)54(56)13-14-54)41(23-35)73-22-21-64-17-11-34(12-18-64)49(70)66-28-37(29-66)62-39-7-6-8-42(45(39)55)75-44-27-58-43(26-59-44)65-19-15-53(5,31-57)16-20-65/h6-10,23,26-27,32,34,37-38,40,47,62,68H,11-22,24-25,28-31,57H2,1-5H3,(H,60,69)(H,63,72)/t38-,40+,47-/m1/s1. The molecule has 17 nitrogen and oxygen atoms in total. The van der Waals surface area contributed by atoms with Crippen LogP contribution in [0.15, 0.2) is 64.2 Å². The van der Waals surface area contributed by atoms with E-state index in [0.717, 1.165) is 95.0 Å². The second kappa shape index (κ2) is 22.8. The van der Waals surface area contributed by atoms with Crippen LogP contribution in [0.1, 0.15) is 83.9 Å². The molecule has 75 heavy (non-hydrogen) atoms. The summed E-state index contributed by atoms with van der Waals surface area (Å²) in [7, 11) is 0. The molecule has 9 rings (SSSR count). The molecule has 2 aromatic heterocycles. The molecule has 4 saturated heterocycles. The SMILES string of the molecule is Cc1ncsc1-c1ccc(CNC(=O)[C@@H]2C[C@@H](O)CN2C(=O)[C@@H](NC(=O)C2(F)CC2)C(C)(C)C)c(OCCN2CCC(C(=O)N3CC(Nc4cccc(Sc5cnc(N6CCC(C)(CN)CC6)cn5)c4Cl)C3)CC2)c1. The molecule has 404 valence electrons. The lowest BCUT2D eigenvalue weighted by molar-refractivity contribution is -0.145. The number of anilines is 2. The van der Waals surface area contributed by atoms with E-state index in [-0.39, 0.29) is 55.6 Å². The van der Waals surface area contributed by atoms with Crippen LogP contribution in [0.4, 0.5) is 15.9 Å². The van der Waals surface area contributed by atoms with Gasteiger partial charge in [0.25, 0.3) is 5.91 Å². The van der Waals surface area contributed by atoms with Crippen molar-refractivity contribution in [3.8, 4) is 16.2 Å². The van der Waals surface area contributed by atoms with E-state index in [9.17, 15) is 28.7 Å². The summed E-state index contributed by atoms with van der Waals surface area (Å²) in [6.45, 7) is 15.8. The average molecular weight is 1090 g/mol. The number of alkyl halides is 1. The quantitative estimate of drug-likeness (QED) is 0.0741. The van der Waals surface area contributed by atoms with Crippen LogP contribution in [-0.2, 0) is 25.7 Å². The fraction of sp³-hybridized carbons (Fsp3) is 0.574. The summed E-state index contributed by atoms with van der Waals surface area (Å²) in [4.78, 5) is 77.8. The summed E-state index contributed by atoms with van der Waals surface area (Å²) in [5.41, 5.74) is 8.59. The maximum absolute atomic E-state index is 14.7. The molecule has 5 fully saturated rings. The Hall–Kier alpha value is -5.12. The molecule has 21 heteroatoms. The van der Waals surface area contributed by atoms with Gasteiger partial charge in [-0.2, -0.15) is 0 Å². The fourth-order valence-electron chi connectivity index (χ4n) is 10.3. The van der Waals surface area contributed by atoms with Crippen molar-refractivity contribution in [2.75, 3.05) is 75.7 Å². The Morgan fingerprint density at radius 1 is 1.01 bits per heavy atom. The number of aliphatic hydroxyl groups is 1. The van der Waals surface area contributed by atoms with E-state index < -0.39 is 47.0 Å². The van der Waals surface area contributed by atoms with Crippen LogP contribution in [-0.4, -0.2) is 154 Å². The second-order valence-electron chi connectivity index (χ2n) is 22.4. The number of nitrogens with one attached hydrogen (secondary N) is 3. The van der Waals surface area contributed by atoms with Gasteiger partial charge >= 0.3 is 0 Å². The number of halogens is 2. The summed E-state index contributed by atoms with van der Waals surface area (Å²) in [5.74, 6) is -0.227. The fourth-order valence-corrected chi connectivity index (χ4v) is 12.2. The molecular formula is C54H71ClFN11O6S2. The number of hydrogen-bond acceptors (Lipinski definition) is 15. The van der Waals surface area contributed by atoms with Gasteiger partial charge in [0.15, 0.2) is 5.67 Å². The zero-order valence-corrected chi connectivity index (χ0v) is 46.0. The van der Waals surface area contributed by atoms with Crippen LogP contribution in [0.3, 0.4) is 0 Å². The number of rotatable bonds is 18. The third kappa shape index (κ3) is 12.8. The zero-order valence-electron chi connectivity index (χ0n) is 43.6. The highest BCUT2D eigenvalue weighted by Gasteiger charge is 2.53. The second-order valence-corrected chi connectivity index (χ2v) is 24.7. The number of aliphatic hydroxyl groups excluding tert-OH is 1. The van der Waals surface area contributed by atoms with Gasteiger partial charge in [0, 0.05) is 68.6 Å². The highest BCUT2D eigenvalue weighted by atomic mass is 35.5. The number of nitrogens with two attached hydrogens (primary N) is 1. The van der Waals surface area contributed by atoms with Crippen molar-refractivity contribution in [2.45, 2.75) is 126 Å². The first-order valence-corrected chi connectivity index (χ1v) is 28.3. The highest BCUT2D eigenvalue weighted by molar-refractivity contribution is 7.99. The molecule has 4 aliphatic heterocycles. The molecule has 4 aromatic rings. The van der Waals surface area contributed by atoms with Crippen molar-refractivity contribution >= 4 is 69.8 Å². The van der Waals surface area contributed by atoms with Crippen molar-refractivity contribution < 1.29 is 33.4 Å². The molecule has 0 bridgehead atoms. The Morgan fingerprint density at radius 2 is 1.76 bits per heavy atom. The van der Waals surface area contributed by atoms with Gasteiger partial charge in [-0.25, -0.2) is 19.3 Å².